The molecule has 1 saturated carbocycles. The van der Waals surface area contributed by atoms with Gasteiger partial charge in [0.15, 0.2) is 11.0 Å². The number of carbonyl (C=O) groups excluding carboxylic acids is 1. The van der Waals surface area contributed by atoms with E-state index in [1.165, 1.54) is 24.6 Å². The highest BCUT2D eigenvalue weighted by atomic mass is 32.2. The second-order valence-corrected chi connectivity index (χ2v) is 9.98. The smallest absolute Gasteiger partial charge is 0.233 e. The molecule has 4 aromatic rings. The molecule has 0 aliphatic heterocycles. The molecule has 2 aromatic carbocycles. The first-order valence-corrected chi connectivity index (χ1v) is 13.0. The van der Waals surface area contributed by atoms with Crippen molar-refractivity contribution in [1.29, 1.82) is 0 Å². The third kappa shape index (κ3) is 5.30. The Morgan fingerprint density at radius 1 is 1.03 bits per heavy atom. The van der Waals surface area contributed by atoms with E-state index in [0.29, 0.717) is 23.4 Å². The topological polar surface area (TPSA) is 63.9 Å². The molecule has 5 rings (SSSR count). The Balaban J connectivity index is 1.42. The quantitative estimate of drug-likeness (QED) is 0.292. The molecule has 2 heterocycles. The van der Waals surface area contributed by atoms with Gasteiger partial charge >= 0.3 is 0 Å². The van der Waals surface area contributed by atoms with Gasteiger partial charge in [-0.05, 0) is 61.9 Å². The van der Waals surface area contributed by atoms with Crippen molar-refractivity contribution in [2.24, 2.45) is 5.92 Å². The average molecular weight is 484 g/mol. The maximum Gasteiger partial charge on any atom is 0.233 e. The summed E-state index contributed by atoms with van der Waals surface area (Å²) in [6.07, 6.45) is 5.90. The highest BCUT2D eigenvalue weighted by molar-refractivity contribution is 7.99. The van der Waals surface area contributed by atoms with Gasteiger partial charge in [-0.3, -0.25) is 14.3 Å². The molecule has 35 heavy (non-hydrogen) atoms. The predicted molar refractivity (Wildman–Crippen MR) is 139 cm³/mol. The highest BCUT2D eigenvalue weighted by Crippen LogP contribution is 2.36. The summed E-state index contributed by atoms with van der Waals surface area (Å²) in [6, 6.07) is 22.5. The van der Waals surface area contributed by atoms with Crippen LogP contribution in [0.15, 0.2) is 84.3 Å². The number of aromatic nitrogens is 4. The molecule has 0 N–H and O–H groups in total. The van der Waals surface area contributed by atoms with Crippen molar-refractivity contribution in [2.45, 2.75) is 44.4 Å². The van der Waals surface area contributed by atoms with Crippen LogP contribution in [0.25, 0.3) is 17.1 Å². The van der Waals surface area contributed by atoms with Gasteiger partial charge in [0.25, 0.3) is 0 Å². The molecule has 178 valence electrons. The number of hydrogen-bond donors (Lipinski definition) is 0. The van der Waals surface area contributed by atoms with Crippen molar-refractivity contribution in [3.8, 4) is 17.1 Å². The Labute approximate surface area is 210 Å². The van der Waals surface area contributed by atoms with E-state index in [9.17, 15) is 4.79 Å². The second kappa shape index (κ2) is 10.4. The largest absolute Gasteiger partial charge is 0.335 e. The monoisotopic (exact) mass is 483 g/mol. The first-order valence-electron chi connectivity index (χ1n) is 12.0. The third-order valence-corrected chi connectivity index (χ3v) is 7.48. The van der Waals surface area contributed by atoms with Crippen LogP contribution in [0.4, 0.5) is 0 Å². The Bertz CT molecular complexity index is 1290. The molecular weight excluding hydrogens is 454 g/mol. The lowest BCUT2D eigenvalue weighted by Gasteiger charge is -2.29. The summed E-state index contributed by atoms with van der Waals surface area (Å²) in [4.78, 5) is 19.7. The molecule has 1 aliphatic carbocycles. The van der Waals surface area contributed by atoms with E-state index in [4.69, 9.17) is 0 Å². The SMILES string of the molecule is Cc1ccccc1-n1c(SCC(=O)N(Cc2ccccc2)C(C)C2CC2)nnc1-c1ccncc1. The number of para-hydroxylation sites is 1. The van der Waals surface area contributed by atoms with Crippen molar-refractivity contribution < 1.29 is 4.79 Å². The number of pyridine rings is 1. The third-order valence-electron chi connectivity index (χ3n) is 6.56. The summed E-state index contributed by atoms with van der Waals surface area (Å²) in [5.41, 5.74) is 4.21. The fourth-order valence-corrected chi connectivity index (χ4v) is 5.20. The van der Waals surface area contributed by atoms with Crippen LogP contribution in [-0.2, 0) is 11.3 Å². The van der Waals surface area contributed by atoms with Crippen LogP contribution < -0.4 is 0 Å². The number of benzene rings is 2. The van der Waals surface area contributed by atoms with Gasteiger partial charge < -0.3 is 4.90 Å². The number of hydrogen-bond acceptors (Lipinski definition) is 5. The van der Waals surface area contributed by atoms with E-state index >= 15 is 0 Å². The van der Waals surface area contributed by atoms with Gasteiger partial charge in [-0.2, -0.15) is 0 Å². The van der Waals surface area contributed by atoms with Gasteiger partial charge in [-0.15, -0.1) is 10.2 Å². The lowest BCUT2D eigenvalue weighted by molar-refractivity contribution is -0.131. The summed E-state index contributed by atoms with van der Waals surface area (Å²) < 4.78 is 2.05. The number of amides is 1. The number of nitrogens with zero attached hydrogens (tertiary/aromatic N) is 5. The summed E-state index contributed by atoms with van der Waals surface area (Å²) in [5.74, 6) is 1.78. The molecule has 0 bridgehead atoms. The zero-order valence-corrected chi connectivity index (χ0v) is 20.9. The summed E-state index contributed by atoms with van der Waals surface area (Å²) in [6.45, 7) is 4.88. The first kappa shape index (κ1) is 23.3. The minimum absolute atomic E-state index is 0.128. The van der Waals surface area contributed by atoms with Gasteiger partial charge in [0, 0.05) is 30.5 Å². The number of carbonyl (C=O) groups is 1. The summed E-state index contributed by atoms with van der Waals surface area (Å²) in [7, 11) is 0. The van der Waals surface area contributed by atoms with Gasteiger partial charge in [-0.1, -0.05) is 60.3 Å². The molecule has 0 spiro atoms. The molecule has 1 fully saturated rings. The van der Waals surface area contributed by atoms with E-state index in [1.54, 1.807) is 12.4 Å². The van der Waals surface area contributed by atoms with E-state index < -0.39 is 0 Å². The molecule has 1 amide bonds. The van der Waals surface area contributed by atoms with Crippen molar-refractivity contribution in [3.63, 3.8) is 0 Å². The zero-order chi connectivity index (χ0) is 24.2. The van der Waals surface area contributed by atoms with E-state index in [1.807, 2.05) is 47.4 Å². The van der Waals surface area contributed by atoms with Crippen molar-refractivity contribution in [3.05, 3.63) is 90.3 Å². The minimum atomic E-state index is 0.128. The molecule has 7 heteroatoms. The van der Waals surface area contributed by atoms with Crippen LogP contribution in [-0.4, -0.2) is 42.4 Å². The molecular formula is C28H29N5OS. The first-order chi connectivity index (χ1) is 17.1. The standard InChI is InChI=1S/C28H29N5OS/c1-20-8-6-7-11-25(20)33-27(24-14-16-29-17-15-24)30-31-28(33)35-19-26(34)32(21(2)23-12-13-23)18-22-9-4-3-5-10-22/h3-11,14-17,21,23H,12-13,18-19H2,1-2H3. The van der Waals surface area contributed by atoms with Gasteiger partial charge in [0.05, 0.1) is 11.4 Å². The fraction of sp³-hybridized carbons (Fsp3) is 0.286. The second-order valence-electron chi connectivity index (χ2n) is 9.04. The highest BCUT2D eigenvalue weighted by Gasteiger charge is 2.34. The lowest BCUT2D eigenvalue weighted by Crippen LogP contribution is -2.40. The van der Waals surface area contributed by atoms with E-state index in [-0.39, 0.29) is 11.9 Å². The molecule has 1 aliphatic rings. The maximum atomic E-state index is 13.5. The van der Waals surface area contributed by atoms with Crippen LogP contribution in [0.5, 0.6) is 0 Å². The van der Waals surface area contributed by atoms with Crippen LogP contribution >= 0.6 is 11.8 Å². The van der Waals surface area contributed by atoms with Crippen LogP contribution in [0, 0.1) is 12.8 Å². The van der Waals surface area contributed by atoms with Crippen molar-refractivity contribution >= 4 is 17.7 Å². The van der Waals surface area contributed by atoms with Crippen molar-refractivity contribution in [1.82, 2.24) is 24.6 Å². The summed E-state index contributed by atoms with van der Waals surface area (Å²) >= 11 is 1.45. The van der Waals surface area contributed by atoms with E-state index in [0.717, 1.165) is 28.2 Å². The maximum absolute atomic E-state index is 13.5. The Hall–Kier alpha value is -3.45. The van der Waals surface area contributed by atoms with Crippen LogP contribution in [0.1, 0.15) is 30.9 Å². The number of aryl methyl sites for hydroxylation is 1. The molecule has 6 nitrogen and oxygen atoms in total. The summed E-state index contributed by atoms with van der Waals surface area (Å²) in [5, 5.41) is 9.72. The zero-order valence-electron chi connectivity index (χ0n) is 20.0. The Morgan fingerprint density at radius 2 is 1.74 bits per heavy atom. The fourth-order valence-electron chi connectivity index (χ4n) is 4.36. The predicted octanol–water partition coefficient (Wildman–Crippen LogP) is 5.56. The number of thioether (sulfide) groups is 1. The Morgan fingerprint density at radius 3 is 2.46 bits per heavy atom. The Kier molecular flexibility index (Phi) is 6.95. The van der Waals surface area contributed by atoms with Crippen LogP contribution in [0.2, 0.25) is 0 Å². The minimum Gasteiger partial charge on any atom is -0.335 e. The van der Waals surface area contributed by atoms with E-state index in [2.05, 4.69) is 57.9 Å². The number of rotatable bonds is 9. The van der Waals surface area contributed by atoms with Gasteiger partial charge in [0.2, 0.25) is 5.91 Å². The molecule has 2 aromatic heterocycles. The van der Waals surface area contributed by atoms with Gasteiger partial charge in [0.1, 0.15) is 0 Å². The molecule has 1 unspecified atom stereocenters. The molecule has 1 atom stereocenters. The molecule has 0 saturated heterocycles. The molecule has 0 radical (unpaired) electrons. The van der Waals surface area contributed by atoms with Gasteiger partial charge in [-0.25, -0.2) is 0 Å². The average Bonchev–Trinajstić information content (AvgIpc) is 3.66. The van der Waals surface area contributed by atoms with Crippen molar-refractivity contribution in [2.75, 3.05) is 5.75 Å². The lowest BCUT2D eigenvalue weighted by atomic mass is 10.1. The normalized spacial score (nSPS) is 14.0. The van der Waals surface area contributed by atoms with Crippen LogP contribution in [0.3, 0.4) is 0 Å².